The van der Waals surface area contributed by atoms with E-state index in [-0.39, 0.29) is 11.5 Å². The minimum atomic E-state index is -0.590. The van der Waals surface area contributed by atoms with Gasteiger partial charge in [-0.3, -0.25) is 10.1 Å². The van der Waals surface area contributed by atoms with Gasteiger partial charge in [-0.2, -0.15) is 0 Å². The van der Waals surface area contributed by atoms with E-state index in [1.54, 1.807) is 13.1 Å². The van der Waals surface area contributed by atoms with Gasteiger partial charge in [-0.05, 0) is 24.6 Å². The number of amides is 1. The Morgan fingerprint density at radius 2 is 2.29 bits per heavy atom. The predicted molar refractivity (Wildman–Crippen MR) is 62.1 cm³/mol. The van der Waals surface area contributed by atoms with Gasteiger partial charge in [0.1, 0.15) is 5.82 Å². The first-order chi connectivity index (χ1) is 8.08. The topological polar surface area (TPSA) is 83.8 Å². The van der Waals surface area contributed by atoms with E-state index >= 15 is 0 Å². The third-order valence-corrected chi connectivity index (χ3v) is 2.25. The molecule has 0 bridgehead atoms. The maximum absolute atomic E-state index is 13.7. The molecular weight excluding hydrogens is 223 g/mol. The molecule has 4 N–H and O–H groups in total. The number of aryl methyl sites for hydroxylation is 1. The van der Waals surface area contributed by atoms with E-state index in [9.17, 15) is 9.18 Å². The molecule has 88 valence electrons. The number of anilines is 2. The molecule has 6 heteroatoms. The molecular formula is C11H11FN4O. The zero-order valence-electron chi connectivity index (χ0n) is 9.12. The summed E-state index contributed by atoms with van der Waals surface area (Å²) < 4.78 is 13.7. The van der Waals surface area contributed by atoms with Crippen LogP contribution in [-0.2, 0) is 0 Å². The molecule has 0 fully saturated rings. The highest BCUT2D eigenvalue weighted by Crippen LogP contribution is 2.17. The normalized spacial score (nSPS) is 10.2. The van der Waals surface area contributed by atoms with Crippen LogP contribution in [-0.4, -0.2) is 15.9 Å². The van der Waals surface area contributed by atoms with Crippen LogP contribution in [0.2, 0.25) is 0 Å². The molecule has 1 heterocycles. The predicted octanol–water partition coefficient (Wildman–Crippen LogP) is 1.69. The summed E-state index contributed by atoms with van der Waals surface area (Å²) in [7, 11) is 0. The molecule has 2 aromatic rings. The lowest BCUT2D eigenvalue weighted by Crippen LogP contribution is -2.15. The number of nitrogens with one attached hydrogen (secondary N) is 2. The number of carbonyl (C=O) groups excluding carboxylic acids is 1. The number of rotatable bonds is 2. The third-order valence-electron chi connectivity index (χ3n) is 2.25. The van der Waals surface area contributed by atoms with E-state index in [1.165, 1.54) is 18.3 Å². The number of hydrogen-bond donors (Lipinski definition) is 3. The summed E-state index contributed by atoms with van der Waals surface area (Å²) in [5.74, 6) is -0.911. The molecule has 0 aliphatic rings. The fourth-order valence-electron chi connectivity index (χ4n) is 1.47. The second-order valence-corrected chi connectivity index (χ2v) is 3.59. The lowest BCUT2D eigenvalue weighted by molar-refractivity contribution is 0.102. The highest BCUT2D eigenvalue weighted by molar-refractivity contribution is 6.04. The minimum Gasteiger partial charge on any atom is -0.399 e. The molecule has 0 saturated heterocycles. The number of aromatic nitrogens is 2. The quantitative estimate of drug-likeness (QED) is 0.691. The molecule has 0 atom stereocenters. The van der Waals surface area contributed by atoms with E-state index < -0.39 is 11.7 Å². The molecule has 0 aliphatic carbocycles. The number of nitrogen functional groups attached to an aromatic ring is 1. The number of nitrogens with zero attached hydrogens (tertiary/aromatic N) is 1. The van der Waals surface area contributed by atoms with E-state index in [2.05, 4.69) is 15.3 Å². The summed E-state index contributed by atoms with van der Waals surface area (Å²) in [6, 6.07) is 2.76. The molecule has 1 aromatic heterocycles. The lowest BCUT2D eigenvalue weighted by atomic mass is 10.1. The van der Waals surface area contributed by atoms with Crippen LogP contribution in [0.5, 0.6) is 0 Å². The largest absolute Gasteiger partial charge is 0.399 e. The number of imidazole rings is 1. The summed E-state index contributed by atoms with van der Waals surface area (Å²) in [5, 5.41) is 2.43. The number of carbonyl (C=O) groups is 1. The maximum atomic E-state index is 13.7. The number of aromatic amines is 1. The number of benzene rings is 1. The second-order valence-electron chi connectivity index (χ2n) is 3.59. The van der Waals surface area contributed by atoms with Crippen LogP contribution >= 0.6 is 0 Å². The van der Waals surface area contributed by atoms with Crippen LogP contribution in [0.15, 0.2) is 24.5 Å². The minimum absolute atomic E-state index is 0.0982. The SMILES string of the molecule is Cc1cc(N)cc(C(=O)Nc2ncc[nH]2)c1F. The fraction of sp³-hybridized carbons (Fsp3) is 0.0909. The molecule has 1 amide bonds. The van der Waals surface area contributed by atoms with Gasteiger partial charge in [0.25, 0.3) is 5.91 Å². The zero-order chi connectivity index (χ0) is 12.4. The van der Waals surface area contributed by atoms with Crippen LogP contribution in [0.25, 0.3) is 0 Å². The molecule has 0 spiro atoms. The van der Waals surface area contributed by atoms with E-state index in [0.717, 1.165) is 0 Å². The van der Waals surface area contributed by atoms with Crippen LogP contribution < -0.4 is 11.1 Å². The molecule has 5 nitrogen and oxygen atoms in total. The zero-order valence-corrected chi connectivity index (χ0v) is 9.12. The van der Waals surface area contributed by atoms with Gasteiger partial charge < -0.3 is 10.7 Å². The lowest BCUT2D eigenvalue weighted by Gasteiger charge is -2.06. The van der Waals surface area contributed by atoms with Gasteiger partial charge in [-0.15, -0.1) is 0 Å². The fourth-order valence-corrected chi connectivity index (χ4v) is 1.47. The Morgan fingerprint density at radius 3 is 2.94 bits per heavy atom. The summed E-state index contributed by atoms with van der Waals surface area (Å²) in [6.45, 7) is 1.55. The first kappa shape index (κ1) is 11.1. The summed E-state index contributed by atoms with van der Waals surface area (Å²) in [5.41, 5.74) is 6.14. The van der Waals surface area contributed by atoms with E-state index in [4.69, 9.17) is 5.73 Å². The molecule has 1 aromatic carbocycles. The summed E-state index contributed by atoms with van der Waals surface area (Å²) in [4.78, 5) is 18.3. The van der Waals surface area contributed by atoms with Crippen LogP contribution in [0.4, 0.5) is 16.0 Å². The molecule has 0 aliphatic heterocycles. The summed E-state index contributed by atoms with van der Waals surface area (Å²) in [6.07, 6.45) is 3.03. The molecule has 0 saturated carbocycles. The first-order valence-electron chi connectivity index (χ1n) is 4.94. The number of hydrogen-bond acceptors (Lipinski definition) is 3. The average molecular weight is 234 g/mol. The van der Waals surface area contributed by atoms with Crippen molar-refractivity contribution in [2.45, 2.75) is 6.92 Å². The van der Waals surface area contributed by atoms with Crippen molar-refractivity contribution in [3.05, 3.63) is 41.5 Å². The first-order valence-corrected chi connectivity index (χ1v) is 4.94. The van der Waals surface area contributed by atoms with Gasteiger partial charge in [0.05, 0.1) is 5.56 Å². The average Bonchev–Trinajstić information content (AvgIpc) is 2.76. The van der Waals surface area contributed by atoms with Crippen molar-refractivity contribution >= 4 is 17.5 Å². The van der Waals surface area contributed by atoms with Crippen molar-refractivity contribution < 1.29 is 9.18 Å². The standard InChI is InChI=1S/C11H11FN4O/c1-6-4-7(13)5-8(9(6)12)10(17)16-11-14-2-3-15-11/h2-5H,13H2,1H3,(H2,14,15,16,17). The Morgan fingerprint density at radius 1 is 1.53 bits per heavy atom. The highest BCUT2D eigenvalue weighted by atomic mass is 19.1. The van der Waals surface area contributed by atoms with Crippen molar-refractivity contribution in [3.63, 3.8) is 0 Å². The Kier molecular flexibility index (Phi) is 2.78. The molecule has 0 unspecified atom stereocenters. The third kappa shape index (κ3) is 2.25. The number of H-pyrrole nitrogens is 1. The summed E-state index contributed by atoms with van der Waals surface area (Å²) >= 11 is 0. The Labute approximate surface area is 96.9 Å². The molecule has 0 radical (unpaired) electrons. The Bertz CT molecular complexity index is 551. The van der Waals surface area contributed by atoms with Crippen molar-refractivity contribution in [2.75, 3.05) is 11.1 Å². The van der Waals surface area contributed by atoms with Crippen molar-refractivity contribution in [1.29, 1.82) is 0 Å². The number of halogens is 1. The van der Waals surface area contributed by atoms with Gasteiger partial charge in [0.15, 0.2) is 0 Å². The number of nitrogens with two attached hydrogens (primary N) is 1. The van der Waals surface area contributed by atoms with Gasteiger partial charge in [-0.25, -0.2) is 9.37 Å². The van der Waals surface area contributed by atoms with Gasteiger partial charge in [0, 0.05) is 18.1 Å². The second kappa shape index (κ2) is 4.25. The smallest absolute Gasteiger partial charge is 0.261 e. The Balaban J connectivity index is 2.31. The van der Waals surface area contributed by atoms with Crippen molar-refractivity contribution in [1.82, 2.24) is 9.97 Å². The van der Waals surface area contributed by atoms with Gasteiger partial charge in [-0.1, -0.05) is 0 Å². The Hall–Kier alpha value is -2.37. The van der Waals surface area contributed by atoms with Crippen LogP contribution in [0.3, 0.4) is 0 Å². The van der Waals surface area contributed by atoms with Gasteiger partial charge in [0.2, 0.25) is 5.95 Å². The molecule has 17 heavy (non-hydrogen) atoms. The van der Waals surface area contributed by atoms with Crippen LogP contribution in [0.1, 0.15) is 15.9 Å². The van der Waals surface area contributed by atoms with E-state index in [0.29, 0.717) is 11.3 Å². The monoisotopic (exact) mass is 234 g/mol. The van der Waals surface area contributed by atoms with Crippen molar-refractivity contribution in [3.8, 4) is 0 Å². The highest BCUT2D eigenvalue weighted by Gasteiger charge is 2.15. The van der Waals surface area contributed by atoms with Crippen LogP contribution in [0, 0.1) is 12.7 Å². The maximum Gasteiger partial charge on any atom is 0.261 e. The van der Waals surface area contributed by atoms with Gasteiger partial charge >= 0.3 is 0 Å². The van der Waals surface area contributed by atoms with E-state index in [1.807, 2.05) is 0 Å². The molecule has 2 rings (SSSR count). The van der Waals surface area contributed by atoms with Crippen molar-refractivity contribution in [2.24, 2.45) is 0 Å².